The number of hydrogen-bond acceptors (Lipinski definition) is 8. The molecule has 5 atom stereocenters. The van der Waals surface area contributed by atoms with E-state index in [-0.39, 0.29) is 38.8 Å². The molecular formula is C33H43N3O9. The molecule has 0 bridgehead atoms. The first-order chi connectivity index (χ1) is 21.4. The van der Waals surface area contributed by atoms with E-state index in [1.807, 2.05) is 36.4 Å². The third-order valence-electron chi connectivity index (χ3n) is 8.29. The molecule has 12 nitrogen and oxygen atoms in total. The molecule has 2 aromatic rings. The Balaban J connectivity index is 1.95. The second-order valence-corrected chi connectivity index (χ2v) is 11.2. The maximum Gasteiger partial charge on any atom is 0.345 e. The Morgan fingerprint density at radius 3 is 1.93 bits per heavy atom. The third-order valence-corrected chi connectivity index (χ3v) is 8.29. The maximum atomic E-state index is 14.1. The third kappa shape index (κ3) is 8.46. The predicted octanol–water partition coefficient (Wildman–Crippen LogP) is 2.79. The second kappa shape index (κ2) is 16.1. The summed E-state index contributed by atoms with van der Waals surface area (Å²) >= 11 is 0. The number of esters is 1. The highest BCUT2D eigenvalue weighted by Crippen LogP contribution is 2.38. The lowest BCUT2D eigenvalue weighted by Gasteiger charge is -2.48. The first kappa shape index (κ1) is 35.2. The molecule has 2 aromatic carbocycles. The number of likely N-dealkylation sites (tertiary alicyclic amines) is 1. The summed E-state index contributed by atoms with van der Waals surface area (Å²) in [4.78, 5) is 67.2. The van der Waals surface area contributed by atoms with Crippen LogP contribution in [0.15, 0.2) is 60.7 Å². The molecule has 1 fully saturated rings. The number of aliphatic carboxylic acids is 3. The van der Waals surface area contributed by atoms with Gasteiger partial charge in [0.15, 0.2) is 5.66 Å². The van der Waals surface area contributed by atoms with Crippen LogP contribution in [0.1, 0.15) is 57.6 Å². The van der Waals surface area contributed by atoms with Gasteiger partial charge in [-0.05, 0) is 70.4 Å². The number of carbonyl (C=O) groups is 5. The molecule has 0 aliphatic carbocycles. The number of aryl methyl sites for hydroxylation is 2. The van der Waals surface area contributed by atoms with E-state index in [0.29, 0.717) is 12.8 Å². The minimum absolute atomic E-state index is 0.0426. The number of hydrogen-bond donors (Lipinski definition) is 4. The smallest absolute Gasteiger partial charge is 0.345 e. The molecule has 2 unspecified atom stereocenters. The summed E-state index contributed by atoms with van der Waals surface area (Å²) in [7, 11) is 0. The normalized spacial score (nSPS) is 19.0. The molecule has 45 heavy (non-hydrogen) atoms. The van der Waals surface area contributed by atoms with E-state index in [1.165, 1.54) is 13.8 Å². The Morgan fingerprint density at radius 1 is 0.889 bits per heavy atom. The van der Waals surface area contributed by atoms with Crippen molar-refractivity contribution in [2.24, 2.45) is 0 Å². The minimum atomic E-state index is -2.26. The summed E-state index contributed by atoms with van der Waals surface area (Å²) in [6.07, 6.45) is 0.980. The van der Waals surface area contributed by atoms with Gasteiger partial charge in [0.25, 0.3) is 0 Å². The van der Waals surface area contributed by atoms with Gasteiger partial charge in [0.1, 0.15) is 18.1 Å². The quantitative estimate of drug-likeness (QED) is 0.190. The topological polar surface area (TPSA) is 174 Å². The van der Waals surface area contributed by atoms with Crippen molar-refractivity contribution in [2.45, 2.75) is 89.1 Å². The zero-order valence-corrected chi connectivity index (χ0v) is 25.9. The SMILES string of the molecule is CCOC(=O)[C@H](CCc1ccccc1)NC(C)C(=O)N1CCC[C@]1(C(=O)O)N(C(C)C(=O)O)[C@@H](CCc1ccccc1)C(=O)O. The van der Waals surface area contributed by atoms with E-state index in [4.69, 9.17) is 4.74 Å². The van der Waals surface area contributed by atoms with Crippen LogP contribution in [0.4, 0.5) is 0 Å². The van der Waals surface area contributed by atoms with Crippen LogP contribution < -0.4 is 5.32 Å². The van der Waals surface area contributed by atoms with Crippen LogP contribution in [0.5, 0.6) is 0 Å². The van der Waals surface area contributed by atoms with Gasteiger partial charge in [0.2, 0.25) is 5.91 Å². The zero-order chi connectivity index (χ0) is 33.1. The first-order valence-corrected chi connectivity index (χ1v) is 15.2. The van der Waals surface area contributed by atoms with Crippen LogP contribution in [-0.4, -0.2) is 97.9 Å². The van der Waals surface area contributed by atoms with Gasteiger partial charge in [0.05, 0.1) is 12.6 Å². The Kier molecular flexibility index (Phi) is 12.6. The first-order valence-electron chi connectivity index (χ1n) is 15.2. The highest BCUT2D eigenvalue weighted by atomic mass is 16.5. The van der Waals surface area contributed by atoms with Gasteiger partial charge in [-0.3, -0.25) is 24.5 Å². The van der Waals surface area contributed by atoms with Crippen LogP contribution in [0.25, 0.3) is 0 Å². The molecule has 244 valence electrons. The summed E-state index contributed by atoms with van der Waals surface area (Å²) in [5.41, 5.74) is -0.479. The molecule has 4 N–H and O–H groups in total. The van der Waals surface area contributed by atoms with E-state index < -0.39 is 59.6 Å². The lowest BCUT2D eigenvalue weighted by atomic mass is 9.94. The fourth-order valence-electron chi connectivity index (χ4n) is 6.07. The summed E-state index contributed by atoms with van der Waals surface area (Å²) < 4.78 is 5.24. The summed E-state index contributed by atoms with van der Waals surface area (Å²) in [5, 5.41) is 34.1. The molecule has 1 aliphatic heterocycles. The Morgan fingerprint density at radius 2 is 1.44 bits per heavy atom. The van der Waals surface area contributed by atoms with Gasteiger partial charge >= 0.3 is 23.9 Å². The number of carboxylic acids is 3. The number of rotatable bonds is 17. The lowest BCUT2D eigenvalue weighted by Crippen LogP contribution is -2.72. The molecular weight excluding hydrogens is 582 g/mol. The molecule has 0 saturated carbocycles. The molecule has 0 spiro atoms. The number of amides is 1. The van der Waals surface area contributed by atoms with Crippen LogP contribution in [0, 0.1) is 0 Å². The van der Waals surface area contributed by atoms with E-state index in [9.17, 15) is 39.3 Å². The summed E-state index contributed by atoms with van der Waals surface area (Å²) in [5.74, 6) is -5.60. The summed E-state index contributed by atoms with van der Waals surface area (Å²) in [6.45, 7) is 4.48. The molecule has 0 aromatic heterocycles. The Hall–Kier alpha value is -4.29. The number of carboxylic acid groups (broad SMARTS) is 3. The highest BCUT2D eigenvalue weighted by Gasteiger charge is 2.60. The van der Waals surface area contributed by atoms with Crippen LogP contribution >= 0.6 is 0 Å². The zero-order valence-electron chi connectivity index (χ0n) is 25.9. The highest BCUT2D eigenvalue weighted by molar-refractivity contribution is 5.92. The van der Waals surface area contributed by atoms with Gasteiger partial charge in [-0.1, -0.05) is 60.7 Å². The van der Waals surface area contributed by atoms with Gasteiger partial charge in [0, 0.05) is 6.54 Å². The fourth-order valence-corrected chi connectivity index (χ4v) is 6.07. The van der Waals surface area contributed by atoms with Crippen molar-refractivity contribution < 1.29 is 44.0 Å². The largest absolute Gasteiger partial charge is 0.480 e. The average molecular weight is 626 g/mol. The number of ether oxygens (including phenoxy) is 1. The van der Waals surface area contributed by atoms with Gasteiger partial charge < -0.3 is 25.0 Å². The van der Waals surface area contributed by atoms with E-state index in [1.54, 1.807) is 31.2 Å². The number of nitrogens with one attached hydrogen (secondary N) is 1. The van der Waals surface area contributed by atoms with Crippen molar-refractivity contribution >= 4 is 29.8 Å². The van der Waals surface area contributed by atoms with E-state index >= 15 is 0 Å². The van der Waals surface area contributed by atoms with Gasteiger partial charge in [-0.2, -0.15) is 0 Å². The monoisotopic (exact) mass is 625 g/mol. The minimum Gasteiger partial charge on any atom is -0.480 e. The fraction of sp³-hybridized carbons (Fsp3) is 0.485. The lowest BCUT2D eigenvalue weighted by molar-refractivity contribution is -0.186. The molecule has 1 amide bonds. The maximum absolute atomic E-state index is 14.1. The van der Waals surface area contributed by atoms with Crippen LogP contribution in [0.3, 0.4) is 0 Å². The van der Waals surface area contributed by atoms with Crippen molar-refractivity contribution in [3.8, 4) is 0 Å². The van der Waals surface area contributed by atoms with Crippen molar-refractivity contribution in [2.75, 3.05) is 13.2 Å². The molecule has 1 heterocycles. The number of benzene rings is 2. The van der Waals surface area contributed by atoms with Crippen LogP contribution in [-0.2, 0) is 41.6 Å². The Bertz CT molecular complexity index is 1320. The van der Waals surface area contributed by atoms with Crippen molar-refractivity contribution in [1.29, 1.82) is 0 Å². The van der Waals surface area contributed by atoms with Crippen LogP contribution in [0.2, 0.25) is 0 Å². The summed E-state index contributed by atoms with van der Waals surface area (Å²) in [6, 6.07) is 13.4. The van der Waals surface area contributed by atoms with Gasteiger partial charge in [-0.15, -0.1) is 0 Å². The predicted molar refractivity (Wildman–Crippen MR) is 164 cm³/mol. The van der Waals surface area contributed by atoms with E-state index in [0.717, 1.165) is 20.9 Å². The standard InChI is InChI=1S/C33H43N3O9/c1-4-45-31(42)26(18-16-24-12-7-5-8-13-24)34-22(2)28(37)35-21-11-20-33(35,32(43)44)36(23(3)29(38)39)27(30(40)41)19-17-25-14-9-6-10-15-25/h5-10,12-15,22-23,26-27,34H,4,11,16-21H2,1-3H3,(H,38,39)(H,40,41)(H,43,44)/t22?,23?,26-,27-,33+/m0/s1. The molecule has 12 heteroatoms. The number of carbonyl (C=O) groups excluding carboxylic acids is 2. The van der Waals surface area contributed by atoms with Crippen molar-refractivity contribution in [3.63, 3.8) is 0 Å². The number of nitrogens with zero attached hydrogens (tertiary/aromatic N) is 2. The molecule has 1 saturated heterocycles. The van der Waals surface area contributed by atoms with Crippen molar-refractivity contribution in [3.05, 3.63) is 71.8 Å². The molecule has 0 radical (unpaired) electrons. The second-order valence-electron chi connectivity index (χ2n) is 11.2. The Labute approximate surface area is 263 Å². The van der Waals surface area contributed by atoms with E-state index in [2.05, 4.69) is 5.32 Å². The average Bonchev–Trinajstić information content (AvgIpc) is 3.47. The van der Waals surface area contributed by atoms with Gasteiger partial charge in [-0.25, -0.2) is 9.69 Å². The van der Waals surface area contributed by atoms with Crippen molar-refractivity contribution in [1.82, 2.24) is 15.1 Å². The molecule has 1 aliphatic rings. The molecule has 3 rings (SSSR count).